The summed E-state index contributed by atoms with van der Waals surface area (Å²) >= 11 is 0. The minimum atomic E-state index is -3.34. The predicted octanol–water partition coefficient (Wildman–Crippen LogP) is 7.26. The van der Waals surface area contributed by atoms with Crippen LogP contribution in [0.5, 0.6) is 5.75 Å². The number of rotatable bonds is 7. The average Bonchev–Trinajstić information content (AvgIpc) is 2.65. The lowest BCUT2D eigenvalue weighted by atomic mass is 9.98. The number of fused-ring (bicyclic) bond motifs is 1. The van der Waals surface area contributed by atoms with E-state index in [-0.39, 0.29) is 10.8 Å². The molecule has 0 aliphatic rings. The van der Waals surface area contributed by atoms with Gasteiger partial charge in [-0.1, -0.05) is 44.0 Å². The van der Waals surface area contributed by atoms with Gasteiger partial charge in [0.1, 0.15) is 5.82 Å². The van der Waals surface area contributed by atoms with E-state index in [1.807, 2.05) is 6.07 Å². The maximum absolute atomic E-state index is 14.6. The molecule has 3 aromatic carbocycles. The van der Waals surface area contributed by atoms with Crippen LogP contribution in [0.25, 0.3) is 21.9 Å². The standard InChI is InChI=1S/C22H19F5O/c1-2-3-4-5-13-6-8-16(18(23)10-13)14-7-9-17-15(11-14)12-19(24)21(20(17)25)28-22(26)27/h6-12,22H,2-5H2,1H3. The highest BCUT2D eigenvalue weighted by molar-refractivity contribution is 5.89. The van der Waals surface area contributed by atoms with E-state index in [9.17, 15) is 22.0 Å². The van der Waals surface area contributed by atoms with Gasteiger partial charge < -0.3 is 4.74 Å². The van der Waals surface area contributed by atoms with Gasteiger partial charge in [-0.05, 0) is 47.6 Å². The van der Waals surface area contributed by atoms with Gasteiger partial charge in [-0.15, -0.1) is 0 Å². The lowest BCUT2D eigenvalue weighted by Gasteiger charge is -2.11. The van der Waals surface area contributed by atoms with Crippen molar-refractivity contribution < 1.29 is 26.7 Å². The van der Waals surface area contributed by atoms with E-state index in [1.54, 1.807) is 6.07 Å². The molecule has 0 unspecified atom stereocenters. The van der Waals surface area contributed by atoms with Crippen LogP contribution in [-0.4, -0.2) is 6.61 Å². The van der Waals surface area contributed by atoms with E-state index in [4.69, 9.17) is 0 Å². The van der Waals surface area contributed by atoms with Gasteiger partial charge in [0.25, 0.3) is 0 Å². The normalized spacial score (nSPS) is 11.4. The Balaban J connectivity index is 1.96. The predicted molar refractivity (Wildman–Crippen MR) is 99.1 cm³/mol. The van der Waals surface area contributed by atoms with Crippen molar-refractivity contribution in [3.8, 4) is 16.9 Å². The molecule has 0 saturated carbocycles. The van der Waals surface area contributed by atoms with Gasteiger partial charge in [0.15, 0.2) is 17.4 Å². The molecule has 0 aliphatic heterocycles. The summed E-state index contributed by atoms with van der Waals surface area (Å²) in [5, 5.41) is 0.0398. The monoisotopic (exact) mass is 394 g/mol. The fraction of sp³-hybridized carbons (Fsp3) is 0.273. The lowest BCUT2D eigenvalue weighted by molar-refractivity contribution is -0.0544. The first-order valence-electron chi connectivity index (χ1n) is 9.06. The molecule has 0 atom stereocenters. The first kappa shape index (κ1) is 20.1. The fourth-order valence-corrected chi connectivity index (χ4v) is 3.20. The maximum Gasteiger partial charge on any atom is 0.387 e. The molecular weight excluding hydrogens is 375 g/mol. The van der Waals surface area contributed by atoms with Gasteiger partial charge in [-0.25, -0.2) is 13.2 Å². The number of unbranched alkanes of at least 4 members (excludes halogenated alkanes) is 2. The minimum Gasteiger partial charge on any atom is -0.429 e. The van der Waals surface area contributed by atoms with Gasteiger partial charge in [0.05, 0.1) is 0 Å². The molecule has 0 amide bonds. The van der Waals surface area contributed by atoms with Crippen LogP contribution < -0.4 is 4.74 Å². The second-order valence-corrected chi connectivity index (χ2v) is 6.59. The molecule has 0 N–H and O–H groups in total. The molecule has 6 heteroatoms. The maximum atomic E-state index is 14.6. The third-order valence-corrected chi connectivity index (χ3v) is 4.61. The zero-order valence-electron chi connectivity index (χ0n) is 15.2. The van der Waals surface area contributed by atoms with E-state index in [0.717, 1.165) is 37.3 Å². The van der Waals surface area contributed by atoms with Crippen molar-refractivity contribution in [2.24, 2.45) is 0 Å². The molecule has 0 heterocycles. The molecule has 1 nitrogen and oxygen atoms in total. The highest BCUT2D eigenvalue weighted by atomic mass is 19.3. The fourth-order valence-electron chi connectivity index (χ4n) is 3.20. The molecule has 0 radical (unpaired) electrons. The van der Waals surface area contributed by atoms with Crippen LogP contribution in [0.2, 0.25) is 0 Å². The summed E-state index contributed by atoms with van der Waals surface area (Å²) in [6.45, 7) is -1.25. The molecule has 0 fully saturated rings. The Morgan fingerprint density at radius 2 is 1.68 bits per heavy atom. The van der Waals surface area contributed by atoms with E-state index < -0.39 is 29.8 Å². The highest BCUT2D eigenvalue weighted by Gasteiger charge is 2.19. The molecule has 148 valence electrons. The number of halogens is 5. The van der Waals surface area contributed by atoms with Gasteiger partial charge in [-0.2, -0.15) is 8.78 Å². The largest absolute Gasteiger partial charge is 0.429 e. The molecule has 0 aliphatic carbocycles. The third-order valence-electron chi connectivity index (χ3n) is 4.61. The summed E-state index contributed by atoms with van der Waals surface area (Å²) in [5.41, 5.74) is 1.63. The summed E-state index contributed by atoms with van der Waals surface area (Å²) in [5.74, 6) is -4.01. The third kappa shape index (κ3) is 4.26. The molecule has 0 saturated heterocycles. The summed E-state index contributed by atoms with van der Waals surface area (Å²) in [7, 11) is 0. The quantitative estimate of drug-likeness (QED) is 0.303. The van der Waals surface area contributed by atoms with Crippen LogP contribution in [0, 0.1) is 17.5 Å². The van der Waals surface area contributed by atoms with Crippen molar-refractivity contribution in [1.29, 1.82) is 0 Å². The van der Waals surface area contributed by atoms with Crippen LogP contribution in [0.1, 0.15) is 31.7 Å². The first-order valence-corrected chi connectivity index (χ1v) is 9.06. The first-order chi connectivity index (χ1) is 13.4. The summed E-state index contributed by atoms with van der Waals surface area (Å²) in [6.07, 6.45) is 3.91. The number of aryl methyl sites for hydroxylation is 1. The van der Waals surface area contributed by atoms with Crippen molar-refractivity contribution in [3.63, 3.8) is 0 Å². The number of hydrogen-bond acceptors (Lipinski definition) is 1. The van der Waals surface area contributed by atoms with Gasteiger partial charge in [0, 0.05) is 10.9 Å². The number of hydrogen-bond donors (Lipinski definition) is 0. The van der Waals surface area contributed by atoms with E-state index in [2.05, 4.69) is 11.7 Å². The molecule has 28 heavy (non-hydrogen) atoms. The second kappa shape index (κ2) is 8.59. The van der Waals surface area contributed by atoms with Crippen molar-refractivity contribution in [2.45, 2.75) is 39.2 Å². The lowest BCUT2D eigenvalue weighted by Crippen LogP contribution is -2.06. The summed E-state index contributed by atoms with van der Waals surface area (Å²) in [4.78, 5) is 0. The summed E-state index contributed by atoms with van der Waals surface area (Å²) in [6, 6.07) is 10.0. The van der Waals surface area contributed by atoms with Crippen LogP contribution in [0.4, 0.5) is 22.0 Å². The van der Waals surface area contributed by atoms with E-state index >= 15 is 0 Å². The second-order valence-electron chi connectivity index (χ2n) is 6.59. The zero-order valence-corrected chi connectivity index (χ0v) is 15.2. The number of benzene rings is 3. The van der Waals surface area contributed by atoms with Crippen molar-refractivity contribution in [2.75, 3.05) is 0 Å². The number of ether oxygens (including phenoxy) is 1. The van der Waals surface area contributed by atoms with Crippen molar-refractivity contribution in [3.05, 3.63) is 65.5 Å². The van der Waals surface area contributed by atoms with Crippen LogP contribution >= 0.6 is 0 Å². The average molecular weight is 394 g/mol. The Morgan fingerprint density at radius 1 is 0.893 bits per heavy atom. The van der Waals surface area contributed by atoms with E-state index in [0.29, 0.717) is 11.1 Å². The van der Waals surface area contributed by atoms with Gasteiger partial charge >= 0.3 is 6.61 Å². The Hall–Kier alpha value is -2.63. The smallest absolute Gasteiger partial charge is 0.387 e. The Labute approximate surface area is 159 Å². The summed E-state index contributed by atoms with van der Waals surface area (Å²) < 4.78 is 71.5. The molecular formula is C22H19F5O. The Morgan fingerprint density at radius 3 is 2.36 bits per heavy atom. The molecule has 3 rings (SSSR count). The molecule has 0 bridgehead atoms. The van der Waals surface area contributed by atoms with Gasteiger partial charge in [-0.3, -0.25) is 0 Å². The molecule has 0 spiro atoms. The SMILES string of the molecule is CCCCCc1ccc(-c2ccc3c(F)c(OC(F)F)c(F)cc3c2)c(F)c1. The molecule has 0 aromatic heterocycles. The van der Waals surface area contributed by atoms with Crippen LogP contribution in [0.3, 0.4) is 0 Å². The highest BCUT2D eigenvalue weighted by Crippen LogP contribution is 2.34. The van der Waals surface area contributed by atoms with Gasteiger partial charge in [0.2, 0.25) is 0 Å². The topological polar surface area (TPSA) is 9.23 Å². The zero-order chi connectivity index (χ0) is 20.3. The minimum absolute atomic E-state index is 0.0857. The Kier molecular flexibility index (Phi) is 6.17. The van der Waals surface area contributed by atoms with Crippen LogP contribution in [0.15, 0.2) is 42.5 Å². The van der Waals surface area contributed by atoms with Crippen molar-refractivity contribution >= 4 is 10.8 Å². The van der Waals surface area contributed by atoms with Crippen LogP contribution in [-0.2, 0) is 6.42 Å². The molecule has 3 aromatic rings. The van der Waals surface area contributed by atoms with E-state index in [1.165, 1.54) is 24.3 Å². The number of alkyl halides is 2. The van der Waals surface area contributed by atoms with Crippen molar-refractivity contribution in [1.82, 2.24) is 0 Å². The Bertz CT molecular complexity index is 984.